The molecule has 0 aromatic heterocycles. The third-order valence-corrected chi connectivity index (χ3v) is 4.54. The molecule has 0 nitrogen and oxygen atoms in total. The van der Waals surface area contributed by atoms with Crippen molar-refractivity contribution in [3.63, 3.8) is 0 Å². The first-order valence-corrected chi connectivity index (χ1v) is 6.46. The number of rotatable bonds is 4. The second-order valence-electron chi connectivity index (χ2n) is 3.87. The first kappa shape index (κ1) is 9.52. The maximum atomic E-state index is 2.44. The molecular formula is C10H21P. The lowest BCUT2D eigenvalue weighted by Crippen LogP contribution is -2.05. The Hall–Kier alpha value is 0.430. The second kappa shape index (κ2) is 5.14. The van der Waals surface area contributed by atoms with Crippen LogP contribution in [-0.2, 0) is 0 Å². The minimum absolute atomic E-state index is 1.04. The Labute approximate surface area is 72.9 Å². The first-order valence-electron chi connectivity index (χ1n) is 5.05. The zero-order chi connectivity index (χ0) is 8.10. The van der Waals surface area contributed by atoms with Gasteiger partial charge < -0.3 is 0 Å². The molecule has 0 saturated heterocycles. The van der Waals surface area contributed by atoms with Crippen LogP contribution >= 0.6 is 8.58 Å². The van der Waals surface area contributed by atoms with Crippen LogP contribution in [0.1, 0.15) is 39.5 Å². The molecule has 0 aromatic carbocycles. The molecule has 11 heavy (non-hydrogen) atoms. The molecule has 1 aliphatic carbocycles. The molecule has 0 amide bonds. The van der Waals surface area contributed by atoms with Gasteiger partial charge in [-0.1, -0.05) is 33.1 Å². The third kappa shape index (κ3) is 3.11. The Kier molecular flexibility index (Phi) is 4.45. The van der Waals surface area contributed by atoms with Crippen LogP contribution in [0.3, 0.4) is 0 Å². The Balaban J connectivity index is 2.05. The summed E-state index contributed by atoms with van der Waals surface area (Å²) < 4.78 is 0. The second-order valence-corrected chi connectivity index (χ2v) is 5.28. The van der Waals surface area contributed by atoms with E-state index in [1.165, 1.54) is 46.6 Å². The summed E-state index contributed by atoms with van der Waals surface area (Å²) >= 11 is 0. The van der Waals surface area contributed by atoms with Crippen LogP contribution in [-0.4, -0.2) is 12.3 Å². The monoisotopic (exact) mass is 172 g/mol. The zero-order valence-corrected chi connectivity index (χ0v) is 8.90. The number of hydrogen-bond acceptors (Lipinski definition) is 0. The van der Waals surface area contributed by atoms with Crippen LogP contribution in [0.5, 0.6) is 0 Å². The topological polar surface area (TPSA) is 0 Å². The van der Waals surface area contributed by atoms with Crippen LogP contribution in [0.25, 0.3) is 0 Å². The Morgan fingerprint density at radius 1 is 1.36 bits per heavy atom. The van der Waals surface area contributed by atoms with Crippen molar-refractivity contribution < 1.29 is 0 Å². The van der Waals surface area contributed by atoms with Gasteiger partial charge in [0.15, 0.2) is 0 Å². The largest absolute Gasteiger partial charge is 0.122 e. The van der Waals surface area contributed by atoms with Crippen molar-refractivity contribution in [3.05, 3.63) is 0 Å². The maximum Gasteiger partial charge on any atom is -0.0322 e. The summed E-state index contributed by atoms with van der Waals surface area (Å²) in [6.45, 7) is 4.74. The van der Waals surface area contributed by atoms with Crippen LogP contribution in [0.15, 0.2) is 0 Å². The predicted octanol–water partition coefficient (Wildman–Crippen LogP) is 3.51. The van der Waals surface area contributed by atoms with Gasteiger partial charge in [0.1, 0.15) is 0 Å². The van der Waals surface area contributed by atoms with Crippen molar-refractivity contribution in [2.45, 2.75) is 39.5 Å². The Morgan fingerprint density at radius 3 is 2.73 bits per heavy atom. The van der Waals surface area contributed by atoms with Gasteiger partial charge in [-0.05, 0) is 30.6 Å². The predicted molar refractivity (Wildman–Crippen MR) is 54.8 cm³/mol. The molecule has 0 bridgehead atoms. The summed E-state index contributed by atoms with van der Waals surface area (Å²) in [5.74, 6) is 2.14. The lowest BCUT2D eigenvalue weighted by Gasteiger charge is -2.14. The minimum Gasteiger partial charge on any atom is -0.122 e. The van der Waals surface area contributed by atoms with Crippen molar-refractivity contribution in [1.82, 2.24) is 0 Å². The lowest BCUT2D eigenvalue weighted by molar-refractivity contribution is 0.463. The number of hydrogen-bond donors (Lipinski definition) is 0. The van der Waals surface area contributed by atoms with E-state index < -0.39 is 0 Å². The molecule has 1 rings (SSSR count). The van der Waals surface area contributed by atoms with Crippen LogP contribution in [0, 0.1) is 11.8 Å². The van der Waals surface area contributed by atoms with Crippen LogP contribution in [0.4, 0.5) is 0 Å². The van der Waals surface area contributed by atoms with Gasteiger partial charge in [-0.2, -0.15) is 0 Å². The molecule has 1 aliphatic rings. The van der Waals surface area contributed by atoms with E-state index in [1.807, 2.05) is 0 Å². The molecule has 1 fully saturated rings. The van der Waals surface area contributed by atoms with Gasteiger partial charge in [0, 0.05) is 0 Å². The molecule has 1 saturated carbocycles. The van der Waals surface area contributed by atoms with Gasteiger partial charge in [0.05, 0.1) is 0 Å². The van der Waals surface area contributed by atoms with E-state index in [0.29, 0.717) is 0 Å². The van der Waals surface area contributed by atoms with Crippen molar-refractivity contribution in [2.24, 2.45) is 11.8 Å². The van der Waals surface area contributed by atoms with Crippen molar-refractivity contribution in [1.29, 1.82) is 0 Å². The van der Waals surface area contributed by atoms with Crippen LogP contribution < -0.4 is 0 Å². The molecule has 3 unspecified atom stereocenters. The fraction of sp³-hybridized carbons (Fsp3) is 1.00. The van der Waals surface area contributed by atoms with Gasteiger partial charge in [-0.15, -0.1) is 8.58 Å². The van der Waals surface area contributed by atoms with Gasteiger partial charge in [-0.25, -0.2) is 0 Å². The normalized spacial score (nSPS) is 32.2. The van der Waals surface area contributed by atoms with Gasteiger partial charge >= 0.3 is 0 Å². The van der Waals surface area contributed by atoms with E-state index in [9.17, 15) is 0 Å². The van der Waals surface area contributed by atoms with Crippen LogP contribution in [0.2, 0.25) is 0 Å². The van der Waals surface area contributed by atoms with Gasteiger partial charge in [0.25, 0.3) is 0 Å². The summed E-state index contributed by atoms with van der Waals surface area (Å²) in [5, 5.41) is 0. The zero-order valence-electron chi connectivity index (χ0n) is 7.90. The highest BCUT2D eigenvalue weighted by atomic mass is 31.1. The fourth-order valence-electron chi connectivity index (χ4n) is 1.99. The molecule has 1 heteroatoms. The van der Waals surface area contributed by atoms with E-state index in [2.05, 4.69) is 13.8 Å². The highest BCUT2D eigenvalue weighted by Gasteiger charge is 2.22. The summed E-state index contributed by atoms with van der Waals surface area (Å²) in [4.78, 5) is 0. The molecule has 3 atom stereocenters. The highest BCUT2D eigenvalue weighted by Crippen LogP contribution is 2.35. The van der Waals surface area contributed by atoms with Crippen molar-refractivity contribution in [3.8, 4) is 0 Å². The van der Waals surface area contributed by atoms with E-state index in [1.54, 1.807) is 0 Å². The average Bonchev–Trinajstić information content (AvgIpc) is 2.37. The molecule has 0 aromatic rings. The van der Waals surface area contributed by atoms with Gasteiger partial charge in [-0.3, -0.25) is 0 Å². The molecule has 0 spiro atoms. The smallest absolute Gasteiger partial charge is 0.0322 e. The van der Waals surface area contributed by atoms with E-state index in [-0.39, 0.29) is 0 Å². The highest BCUT2D eigenvalue weighted by molar-refractivity contribution is 7.37. The van der Waals surface area contributed by atoms with Gasteiger partial charge in [0.2, 0.25) is 0 Å². The Morgan fingerprint density at radius 2 is 2.18 bits per heavy atom. The standard InChI is InChI=1S/C10H21P/c1-3-7-11-8-10-6-4-5-9(10)2/h9-11H,3-8H2,1-2H3. The molecule has 0 heterocycles. The minimum atomic E-state index is 1.04. The maximum absolute atomic E-state index is 2.44. The van der Waals surface area contributed by atoms with E-state index >= 15 is 0 Å². The lowest BCUT2D eigenvalue weighted by atomic mass is 10.0. The molecule has 66 valence electrons. The fourth-order valence-corrected chi connectivity index (χ4v) is 3.52. The van der Waals surface area contributed by atoms with Crippen molar-refractivity contribution >= 4 is 8.58 Å². The molecular weight excluding hydrogens is 151 g/mol. The average molecular weight is 172 g/mol. The summed E-state index contributed by atoms with van der Waals surface area (Å²) in [7, 11) is 1.25. The Bertz CT molecular complexity index is 101. The van der Waals surface area contributed by atoms with Crippen molar-refractivity contribution in [2.75, 3.05) is 12.3 Å². The summed E-state index contributed by atoms with van der Waals surface area (Å²) in [5.41, 5.74) is 0. The SMILES string of the molecule is CCCPCC1CCCC1C. The van der Waals surface area contributed by atoms with E-state index in [4.69, 9.17) is 0 Å². The first-order chi connectivity index (χ1) is 5.34. The molecule has 0 N–H and O–H groups in total. The molecule has 0 radical (unpaired) electrons. The third-order valence-electron chi connectivity index (χ3n) is 2.87. The quantitative estimate of drug-likeness (QED) is 0.449. The van der Waals surface area contributed by atoms with E-state index in [0.717, 1.165) is 11.8 Å². The molecule has 0 aliphatic heterocycles. The summed E-state index contributed by atoms with van der Waals surface area (Å²) in [6, 6.07) is 0. The summed E-state index contributed by atoms with van der Waals surface area (Å²) in [6.07, 6.45) is 8.93.